The summed E-state index contributed by atoms with van der Waals surface area (Å²) in [4.78, 5) is 15.9. The molecule has 1 aromatic rings. The molecule has 0 aromatic carbocycles. The van der Waals surface area contributed by atoms with Crippen molar-refractivity contribution in [2.24, 2.45) is 11.8 Å². The molecule has 0 aliphatic heterocycles. The van der Waals surface area contributed by atoms with Crippen LogP contribution in [-0.4, -0.2) is 28.8 Å². The SMILES string of the molecule is CC[C@H](CCOC1CC(CCc2ccc3c(n2)CCCC3)C1)C(=O)O. The van der Waals surface area contributed by atoms with Gasteiger partial charge in [-0.2, -0.15) is 0 Å². The Morgan fingerprint density at radius 3 is 2.88 bits per heavy atom. The molecule has 0 bridgehead atoms. The van der Waals surface area contributed by atoms with Crippen molar-refractivity contribution in [2.45, 2.75) is 77.2 Å². The first-order valence-corrected chi connectivity index (χ1v) is 9.97. The van der Waals surface area contributed by atoms with E-state index in [-0.39, 0.29) is 5.92 Å². The summed E-state index contributed by atoms with van der Waals surface area (Å²) < 4.78 is 5.84. The number of carbonyl (C=O) groups is 1. The lowest BCUT2D eigenvalue weighted by atomic mass is 9.79. The largest absolute Gasteiger partial charge is 0.481 e. The topological polar surface area (TPSA) is 59.4 Å². The number of carboxylic acids is 1. The second kappa shape index (κ2) is 8.79. The quantitative estimate of drug-likeness (QED) is 0.729. The zero-order chi connectivity index (χ0) is 17.6. The Bertz CT molecular complexity index is 581. The van der Waals surface area contributed by atoms with E-state index < -0.39 is 5.97 Å². The highest BCUT2D eigenvalue weighted by Crippen LogP contribution is 2.34. The van der Waals surface area contributed by atoms with E-state index in [1.807, 2.05) is 6.92 Å². The van der Waals surface area contributed by atoms with Gasteiger partial charge in [-0.1, -0.05) is 13.0 Å². The zero-order valence-electron chi connectivity index (χ0n) is 15.4. The van der Waals surface area contributed by atoms with Crippen molar-refractivity contribution in [1.82, 2.24) is 4.98 Å². The van der Waals surface area contributed by atoms with Crippen LogP contribution in [0.25, 0.3) is 0 Å². The number of hydrogen-bond acceptors (Lipinski definition) is 3. The van der Waals surface area contributed by atoms with Crippen molar-refractivity contribution in [3.8, 4) is 0 Å². The van der Waals surface area contributed by atoms with Crippen molar-refractivity contribution >= 4 is 5.97 Å². The summed E-state index contributed by atoms with van der Waals surface area (Å²) in [5, 5.41) is 9.04. The van der Waals surface area contributed by atoms with Crippen LogP contribution in [0.5, 0.6) is 0 Å². The molecular formula is C21H31NO3. The van der Waals surface area contributed by atoms with Crippen molar-refractivity contribution < 1.29 is 14.6 Å². The van der Waals surface area contributed by atoms with Crippen molar-refractivity contribution in [1.29, 1.82) is 0 Å². The molecule has 3 rings (SSSR count). The standard InChI is InChI=1S/C21H31NO3/c1-2-16(21(23)24)11-12-25-19-13-15(14-19)7-9-18-10-8-17-5-3-4-6-20(17)22-18/h8,10,15-16,19H,2-7,9,11-14H2,1H3,(H,23,24)/t15?,16-,19?/m1/s1. The maximum Gasteiger partial charge on any atom is 0.306 e. The fraction of sp³-hybridized carbons (Fsp3) is 0.714. The van der Waals surface area contributed by atoms with E-state index in [0.29, 0.717) is 25.6 Å². The van der Waals surface area contributed by atoms with Gasteiger partial charge in [-0.3, -0.25) is 9.78 Å². The molecule has 4 nitrogen and oxygen atoms in total. The molecule has 138 valence electrons. The molecule has 1 aromatic heterocycles. The monoisotopic (exact) mass is 345 g/mol. The Hall–Kier alpha value is -1.42. The van der Waals surface area contributed by atoms with Gasteiger partial charge in [-0.05, 0) is 81.8 Å². The fourth-order valence-electron chi connectivity index (χ4n) is 4.04. The average Bonchev–Trinajstić information content (AvgIpc) is 2.59. The van der Waals surface area contributed by atoms with Crippen LogP contribution in [0, 0.1) is 11.8 Å². The van der Waals surface area contributed by atoms with E-state index in [4.69, 9.17) is 14.8 Å². The van der Waals surface area contributed by atoms with E-state index in [0.717, 1.165) is 31.6 Å². The second-order valence-corrected chi connectivity index (χ2v) is 7.72. The van der Waals surface area contributed by atoms with Gasteiger partial charge in [0.05, 0.1) is 12.0 Å². The van der Waals surface area contributed by atoms with Gasteiger partial charge in [0.2, 0.25) is 0 Å². The Labute approximate surface area is 151 Å². The van der Waals surface area contributed by atoms with Crippen LogP contribution < -0.4 is 0 Å². The lowest BCUT2D eigenvalue weighted by Crippen LogP contribution is -2.32. The number of hydrogen-bond donors (Lipinski definition) is 1. The van der Waals surface area contributed by atoms with E-state index in [1.54, 1.807) is 0 Å². The van der Waals surface area contributed by atoms with Gasteiger partial charge >= 0.3 is 5.97 Å². The number of aryl methyl sites for hydroxylation is 3. The maximum atomic E-state index is 11.0. The number of aromatic nitrogens is 1. The summed E-state index contributed by atoms with van der Waals surface area (Å²) in [6.45, 7) is 2.50. The molecule has 1 saturated carbocycles. The minimum absolute atomic E-state index is 0.258. The van der Waals surface area contributed by atoms with Gasteiger partial charge in [0.1, 0.15) is 0 Å². The Balaban J connectivity index is 1.32. The number of nitrogens with zero attached hydrogens (tertiary/aromatic N) is 1. The molecule has 0 amide bonds. The van der Waals surface area contributed by atoms with E-state index in [1.165, 1.54) is 42.6 Å². The van der Waals surface area contributed by atoms with E-state index in [9.17, 15) is 4.79 Å². The lowest BCUT2D eigenvalue weighted by Gasteiger charge is -2.35. The Morgan fingerprint density at radius 1 is 1.32 bits per heavy atom. The molecule has 1 fully saturated rings. The first kappa shape index (κ1) is 18.4. The van der Waals surface area contributed by atoms with Gasteiger partial charge in [0.25, 0.3) is 0 Å². The van der Waals surface area contributed by atoms with Gasteiger partial charge < -0.3 is 9.84 Å². The van der Waals surface area contributed by atoms with Gasteiger partial charge in [0.15, 0.2) is 0 Å². The summed E-state index contributed by atoms with van der Waals surface area (Å²) >= 11 is 0. The minimum Gasteiger partial charge on any atom is -0.481 e. The fourth-order valence-corrected chi connectivity index (χ4v) is 4.04. The molecule has 0 spiro atoms. The molecule has 0 unspecified atom stereocenters. The van der Waals surface area contributed by atoms with Crippen LogP contribution in [0.2, 0.25) is 0 Å². The molecule has 2 aliphatic rings. The summed E-state index contributed by atoms with van der Waals surface area (Å²) in [6.07, 6.45) is 11.1. The Morgan fingerprint density at radius 2 is 2.12 bits per heavy atom. The predicted molar refractivity (Wildman–Crippen MR) is 97.7 cm³/mol. The highest BCUT2D eigenvalue weighted by molar-refractivity contribution is 5.69. The molecule has 4 heteroatoms. The molecule has 0 saturated heterocycles. The van der Waals surface area contributed by atoms with E-state index >= 15 is 0 Å². The molecular weight excluding hydrogens is 314 g/mol. The number of ether oxygens (including phenoxy) is 1. The number of rotatable bonds is 9. The molecule has 0 radical (unpaired) electrons. The van der Waals surface area contributed by atoms with Gasteiger partial charge in [-0.25, -0.2) is 0 Å². The molecule has 2 aliphatic carbocycles. The van der Waals surface area contributed by atoms with E-state index in [2.05, 4.69) is 12.1 Å². The molecule has 1 heterocycles. The van der Waals surface area contributed by atoms with Crippen molar-refractivity contribution in [3.63, 3.8) is 0 Å². The van der Waals surface area contributed by atoms with Crippen molar-refractivity contribution in [2.75, 3.05) is 6.61 Å². The lowest BCUT2D eigenvalue weighted by molar-refractivity contribution is -0.143. The van der Waals surface area contributed by atoms with Crippen LogP contribution in [0.1, 0.15) is 68.8 Å². The van der Waals surface area contributed by atoms with Crippen LogP contribution in [-0.2, 0) is 28.8 Å². The third kappa shape index (κ3) is 5.04. The van der Waals surface area contributed by atoms with Crippen LogP contribution >= 0.6 is 0 Å². The number of fused-ring (bicyclic) bond motifs is 1. The third-order valence-electron chi connectivity index (χ3n) is 5.90. The van der Waals surface area contributed by atoms with Crippen molar-refractivity contribution in [3.05, 3.63) is 29.1 Å². The summed E-state index contributed by atoms with van der Waals surface area (Å²) in [7, 11) is 0. The minimum atomic E-state index is -0.699. The number of pyridine rings is 1. The van der Waals surface area contributed by atoms with Gasteiger partial charge in [0, 0.05) is 18.0 Å². The number of aliphatic carboxylic acids is 1. The normalized spacial score (nSPS) is 23.6. The molecule has 1 N–H and O–H groups in total. The predicted octanol–water partition coefficient (Wildman–Crippen LogP) is 4.19. The molecule has 25 heavy (non-hydrogen) atoms. The van der Waals surface area contributed by atoms with Gasteiger partial charge in [-0.15, -0.1) is 0 Å². The highest BCUT2D eigenvalue weighted by Gasteiger charge is 2.29. The summed E-state index contributed by atoms with van der Waals surface area (Å²) in [5.41, 5.74) is 4.04. The third-order valence-corrected chi connectivity index (χ3v) is 5.90. The summed E-state index contributed by atoms with van der Waals surface area (Å²) in [6, 6.07) is 4.50. The first-order valence-electron chi connectivity index (χ1n) is 9.97. The number of carboxylic acid groups (broad SMARTS) is 1. The summed E-state index contributed by atoms with van der Waals surface area (Å²) in [5.74, 6) is -0.217. The average molecular weight is 345 g/mol. The van der Waals surface area contributed by atoms with Crippen LogP contribution in [0.3, 0.4) is 0 Å². The highest BCUT2D eigenvalue weighted by atomic mass is 16.5. The van der Waals surface area contributed by atoms with Crippen LogP contribution in [0.4, 0.5) is 0 Å². The Kier molecular flexibility index (Phi) is 6.46. The first-order chi connectivity index (χ1) is 12.2. The van der Waals surface area contributed by atoms with Crippen LogP contribution in [0.15, 0.2) is 12.1 Å². The second-order valence-electron chi connectivity index (χ2n) is 7.72. The maximum absolute atomic E-state index is 11.0. The zero-order valence-corrected chi connectivity index (χ0v) is 15.4. The smallest absolute Gasteiger partial charge is 0.306 e. The molecule has 1 atom stereocenters.